The summed E-state index contributed by atoms with van der Waals surface area (Å²) >= 11 is 0. The van der Waals surface area contributed by atoms with E-state index in [2.05, 4.69) is 17.1 Å². The minimum atomic E-state index is 0.680. The number of oxime groups is 1. The largest absolute Gasteiger partial charge is 0.396 e. The van der Waals surface area contributed by atoms with E-state index in [9.17, 15) is 0 Å². The van der Waals surface area contributed by atoms with E-state index in [-0.39, 0.29) is 0 Å². The lowest BCUT2D eigenvalue weighted by Gasteiger charge is -2.22. The van der Waals surface area contributed by atoms with Crippen molar-refractivity contribution in [1.82, 2.24) is 4.90 Å². The van der Waals surface area contributed by atoms with E-state index >= 15 is 0 Å². The molecule has 1 saturated heterocycles. The monoisotopic (exact) mass is 156 g/mol. The molecule has 1 rings (SSSR count). The second-order valence-corrected chi connectivity index (χ2v) is 2.88. The highest BCUT2D eigenvalue weighted by atomic mass is 16.6. The quantitative estimate of drug-likeness (QED) is 0.559. The molecule has 0 bridgehead atoms. The smallest absolute Gasteiger partial charge is 0.114 e. The Balaban J connectivity index is 2.26. The second kappa shape index (κ2) is 4.34. The third-order valence-electron chi connectivity index (χ3n) is 1.89. The van der Waals surface area contributed by atoms with Gasteiger partial charge in [-0.1, -0.05) is 5.16 Å². The summed E-state index contributed by atoms with van der Waals surface area (Å²) in [4.78, 5) is 7.29. The van der Waals surface area contributed by atoms with Crippen LogP contribution in [-0.2, 0) is 4.84 Å². The topological polar surface area (TPSA) is 24.8 Å². The van der Waals surface area contributed by atoms with Crippen LogP contribution in [-0.4, -0.2) is 37.4 Å². The predicted molar refractivity (Wildman–Crippen MR) is 45.8 cm³/mol. The van der Waals surface area contributed by atoms with Crippen LogP contribution in [0.1, 0.15) is 19.8 Å². The molecule has 0 aromatic heterocycles. The van der Waals surface area contributed by atoms with Crippen molar-refractivity contribution in [2.75, 3.05) is 26.7 Å². The van der Waals surface area contributed by atoms with Gasteiger partial charge in [-0.2, -0.15) is 0 Å². The molecule has 3 heteroatoms. The van der Waals surface area contributed by atoms with Crippen molar-refractivity contribution in [3.05, 3.63) is 0 Å². The molecule has 0 saturated carbocycles. The maximum absolute atomic E-state index is 4.98. The van der Waals surface area contributed by atoms with Crippen LogP contribution >= 0.6 is 0 Å². The molecule has 0 aliphatic carbocycles. The Kier molecular flexibility index (Phi) is 3.36. The molecule has 0 aromatic rings. The average Bonchev–Trinajstić information content (AvgIpc) is 2.04. The van der Waals surface area contributed by atoms with Crippen molar-refractivity contribution in [1.29, 1.82) is 0 Å². The first kappa shape index (κ1) is 8.53. The molecule has 0 radical (unpaired) electrons. The van der Waals surface area contributed by atoms with Gasteiger partial charge >= 0.3 is 0 Å². The Labute approximate surface area is 68.0 Å². The number of rotatable bonds is 2. The summed E-state index contributed by atoms with van der Waals surface area (Å²) in [5, 5.41) is 4.03. The van der Waals surface area contributed by atoms with Gasteiger partial charge in [-0.25, -0.2) is 0 Å². The fourth-order valence-corrected chi connectivity index (χ4v) is 1.12. The van der Waals surface area contributed by atoms with Gasteiger partial charge in [0.15, 0.2) is 0 Å². The maximum atomic E-state index is 4.98. The molecule has 0 aromatic carbocycles. The van der Waals surface area contributed by atoms with Crippen LogP contribution in [0, 0.1) is 0 Å². The van der Waals surface area contributed by atoms with Crippen LogP contribution in [0.2, 0.25) is 0 Å². The van der Waals surface area contributed by atoms with Gasteiger partial charge in [0, 0.05) is 25.9 Å². The Morgan fingerprint density at radius 2 is 2.09 bits per heavy atom. The molecule has 0 N–H and O–H groups in total. The summed E-state index contributed by atoms with van der Waals surface area (Å²) in [5.74, 6) is 0. The lowest BCUT2D eigenvalue weighted by Crippen LogP contribution is -2.30. The summed E-state index contributed by atoms with van der Waals surface area (Å²) < 4.78 is 0. The van der Waals surface area contributed by atoms with E-state index in [4.69, 9.17) is 4.84 Å². The first-order chi connectivity index (χ1) is 5.33. The van der Waals surface area contributed by atoms with Gasteiger partial charge in [0.25, 0.3) is 0 Å². The normalized spacial score (nSPS) is 20.0. The Morgan fingerprint density at radius 1 is 1.45 bits per heavy atom. The molecule has 1 aliphatic rings. The van der Waals surface area contributed by atoms with E-state index in [1.165, 1.54) is 5.71 Å². The highest BCUT2D eigenvalue weighted by Crippen LogP contribution is 2.04. The van der Waals surface area contributed by atoms with Crippen molar-refractivity contribution in [2.24, 2.45) is 5.16 Å². The SMILES string of the molecule is CCON=C1CCN(C)CC1. The standard InChI is InChI=1S/C8H16N2O/c1-3-11-9-8-4-6-10(2)7-5-8/h3-7H2,1-2H3. The van der Waals surface area contributed by atoms with Crippen LogP contribution in [0.25, 0.3) is 0 Å². The first-order valence-electron chi connectivity index (χ1n) is 4.19. The third-order valence-corrected chi connectivity index (χ3v) is 1.89. The third kappa shape index (κ3) is 2.89. The zero-order valence-electron chi connectivity index (χ0n) is 7.34. The number of nitrogens with zero attached hydrogens (tertiary/aromatic N) is 2. The van der Waals surface area contributed by atoms with Crippen LogP contribution in [0.15, 0.2) is 5.16 Å². The second-order valence-electron chi connectivity index (χ2n) is 2.88. The van der Waals surface area contributed by atoms with Crippen LogP contribution in [0.5, 0.6) is 0 Å². The summed E-state index contributed by atoms with van der Waals surface area (Å²) in [7, 11) is 2.14. The van der Waals surface area contributed by atoms with E-state index in [1.54, 1.807) is 0 Å². The fourth-order valence-electron chi connectivity index (χ4n) is 1.12. The predicted octanol–water partition coefficient (Wildman–Crippen LogP) is 1.10. The highest BCUT2D eigenvalue weighted by Gasteiger charge is 2.10. The van der Waals surface area contributed by atoms with E-state index in [1.807, 2.05) is 6.92 Å². The molecule has 0 amide bonds. The summed E-state index contributed by atoms with van der Waals surface area (Å²) in [6.07, 6.45) is 2.13. The average molecular weight is 156 g/mol. The summed E-state index contributed by atoms with van der Waals surface area (Å²) in [6.45, 7) is 4.87. The van der Waals surface area contributed by atoms with Crippen molar-refractivity contribution in [3.8, 4) is 0 Å². The zero-order chi connectivity index (χ0) is 8.10. The molecule has 0 unspecified atom stereocenters. The zero-order valence-corrected chi connectivity index (χ0v) is 7.34. The Bertz CT molecular complexity index is 135. The van der Waals surface area contributed by atoms with Gasteiger partial charge in [0.05, 0.1) is 5.71 Å². The van der Waals surface area contributed by atoms with Gasteiger partial charge < -0.3 is 9.74 Å². The van der Waals surface area contributed by atoms with Crippen LogP contribution in [0.3, 0.4) is 0 Å². The van der Waals surface area contributed by atoms with Crippen molar-refractivity contribution < 1.29 is 4.84 Å². The summed E-state index contributed by atoms with van der Waals surface area (Å²) in [6, 6.07) is 0. The fraction of sp³-hybridized carbons (Fsp3) is 0.875. The van der Waals surface area contributed by atoms with Crippen molar-refractivity contribution in [2.45, 2.75) is 19.8 Å². The maximum Gasteiger partial charge on any atom is 0.114 e. The van der Waals surface area contributed by atoms with Crippen LogP contribution in [0.4, 0.5) is 0 Å². The number of piperidine rings is 1. The molecule has 64 valence electrons. The van der Waals surface area contributed by atoms with Crippen molar-refractivity contribution in [3.63, 3.8) is 0 Å². The molecule has 1 aliphatic heterocycles. The van der Waals surface area contributed by atoms with Gasteiger partial charge in [0.2, 0.25) is 0 Å². The molecule has 0 spiro atoms. The molecule has 1 heterocycles. The van der Waals surface area contributed by atoms with Crippen molar-refractivity contribution >= 4 is 5.71 Å². The molecule has 0 atom stereocenters. The highest BCUT2D eigenvalue weighted by molar-refractivity contribution is 5.84. The number of hydrogen-bond acceptors (Lipinski definition) is 3. The molecule has 1 fully saturated rings. The van der Waals surface area contributed by atoms with Gasteiger partial charge in [0.1, 0.15) is 6.61 Å². The van der Waals surface area contributed by atoms with E-state index < -0.39 is 0 Å². The lowest BCUT2D eigenvalue weighted by molar-refractivity contribution is 0.155. The molecule has 3 nitrogen and oxygen atoms in total. The molecular formula is C8H16N2O. The van der Waals surface area contributed by atoms with E-state index in [0.717, 1.165) is 25.9 Å². The Morgan fingerprint density at radius 3 is 2.64 bits per heavy atom. The van der Waals surface area contributed by atoms with Gasteiger partial charge in [-0.05, 0) is 14.0 Å². The lowest BCUT2D eigenvalue weighted by atomic mass is 10.1. The first-order valence-corrected chi connectivity index (χ1v) is 4.19. The molecule has 11 heavy (non-hydrogen) atoms. The minimum Gasteiger partial charge on any atom is -0.396 e. The van der Waals surface area contributed by atoms with E-state index in [0.29, 0.717) is 6.61 Å². The number of likely N-dealkylation sites (tertiary alicyclic amines) is 1. The van der Waals surface area contributed by atoms with Crippen LogP contribution < -0.4 is 0 Å². The summed E-state index contributed by atoms with van der Waals surface area (Å²) in [5.41, 5.74) is 1.21. The number of hydrogen-bond donors (Lipinski definition) is 0. The minimum absolute atomic E-state index is 0.680. The molecular weight excluding hydrogens is 140 g/mol. The van der Waals surface area contributed by atoms with Gasteiger partial charge in [-0.15, -0.1) is 0 Å². The van der Waals surface area contributed by atoms with Gasteiger partial charge in [-0.3, -0.25) is 0 Å². The Hall–Kier alpha value is -0.570.